The Morgan fingerprint density at radius 3 is 2.78 bits per heavy atom. The van der Waals surface area contributed by atoms with Crippen LogP contribution < -0.4 is 5.73 Å². The molecule has 0 aliphatic carbocycles. The summed E-state index contributed by atoms with van der Waals surface area (Å²) in [4.78, 5) is 6.98. The maximum Gasteiger partial charge on any atom is 0.0705 e. The Kier molecular flexibility index (Phi) is 4.28. The number of para-hydroxylation sites is 1. The van der Waals surface area contributed by atoms with Gasteiger partial charge in [0.15, 0.2) is 0 Å². The van der Waals surface area contributed by atoms with Gasteiger partial charge in [0.1, 0.15) is 0 Å². The molecule has 0 saturated heterocycles. The van der Waals surface area contributed by atoms with Crippen LogP contribution in [0.5, 0.6) is 0 Å². The van der Waals surface area contributed by atoms with Gasteiger partial charge in [-0.2, -0.15) is 0 Å². The zero-order valence-electron chi connectivity index (χ0n) is 11.1. The van der Waals surface area contributed by atoms with Gasteiger partial charge in [-0.15, -0.1) is 0 Å². The van der Waals surface area contributed by atoms with Crippen molar-refractivity contribution in [1.29, 1.82) is 0 Å². The monoisotopic (exact) mass is 243 g/mol. The molecule has 2 rings (SSSR count). The Bertz CT molecular complexity index is 510. The molecule has 0 spiro atoms. The highest BCUT2D eigenvalue weighted by Crippen LogP contribution is 2.13. The summed E-state index contributed by atoms with van der Waals surface area (Å²) >= 11 is 0. The van der Waals surface area contributed by atoms with Crippen LogP contribution in [0.4, 0.5) is 0 Å². The van der Waals surface area contributed by atoms with Crippen LogP contribution in [0.3, 0.4) is 0 Å². The zero-order valence-corrected chi connectivity index (χ0v) is 11.1. The van der Waals surface area contributed by atoms with Gasteiger partial charge >= 0.3 is 0 Å². The molecule has 1 heterocycles. The van der Waals surface area contributed by atoms with Gasteiger partial charge in [0, 0.05) is 18.0 Å². The summed E-state index contributed by atoms with van der Waals surface area (Å²) in [6, 6.07) is 12.9. The highest BCUT2D eigenvalue weighted by Gasteiger charge is 2.09. The Morgan fingerprint density at radius 2 is 2.00 bits per heavy atom. The van der Waals surface area contributed by atoms with Gasteiger partial charge in [0.05, 0.1) is 11.2 Å². The summed E-state index contributed by atoms with van der Waals surface area (Å²) in [5, 5.41) is 1.19. The number of nitrogens with zero attached hydrogens (tertiary/aromatic N) is 2. The van der Waals surface area contributed by atoms with E-state index in [1.165, 1.54) is 5.39 Å². The van der Waals surface area contributed by atoms with Crippen LogP contribution >= 0.6 is 0 Å². The van der Waals surface area contributed by atoms with Crippen LogP contribution in [0.1, 0.15) is 19.0 Å². The quantitative estimate of drug-likeness (QED) is 0.877. The fourth-order valence-corrected chi connectivity index (χ4v) is 2.07. The number of benzene rings is 1. The maximum absolute atomic E-state index is 5.59. The molecular formula is C15H21N3. The number of hydrogen-bond acceptors (Lipinski definition) is 3. The average Bonchev–Trinajstić information content (AvgIpc) is 2.39. The lowest BCUT2D eigenvalue weighted by molar-refractivity contribution is 0.238. The third-order valence-corrected chi connectivity index (χ3v) is 3.40. The average molecular weight is 243 g/mol. The van der Waals surface area contributed by atoms with Crippen molar-refractivity contribution in [2.24, 2.45) is 5.73 Å². The van der Waals surface area contributed by atoms with Gasteiger partial charge in [-0.3, -0.25) is 9.88 Å². The van der Waals surface area contributed by atoms with Gasteiger partial charge in [-0.05, 0) is 39.1 Å². The van der Waals surface area contributed by atoms with E-state index in [4.69, 9.17) is 5.73 Å². The highest BCUT2D eigenvalue weighted by atomic mass is 15.1. The van der Waals surface area contributed by atoms with Crippen LogP contribution in [-0.2, 0) is 6.54 Å². The smallest absolute Gasteiger partial charge is 0.0705 e. The molecule has 3 nitrogen and oxygen atoms in total. The molecule has 3 heteroatoms. The first-order valence-corrected chi connectivity index (χ1v) is 6.45. The standard InChI is InChI=1S/C15H21N3/c1-12(9-10-16)18(2)11-14-8-7-13-5-3-4-6-15(13)17-14/h3-8,12H,9-11,16H2,1-2H3. The summed E-state index contributed by atoms with van der Waals surface area (Å²) in [6.45, 7) is 3.80. The number of fused-ring (bicyclic) bond motifs is 1. The van der Waals surface area contributed by atoms with E-state index in [1.807, 2.05) is 12.1 Å². The molecule has 0 amide bonds. The van der Waals surface area contributed by atoms with E-state index in [2.05, 4.69) is 48.1 Å². The maximum atomic E-state index is 5.59. The van der Waals surface area contributed by atoms with E-state index in [-0.39, 0.29) is 0 Å². The van der Waals surface area contributed by atoms with Crippen molar-refractivity contribution in [3.63, 3.8) is 0 Å². The van der Waals surface area contributed by atoms with E-state index in [1.54, 1.807) is 0 Å². The van der Waals surface area contributed by atoms with E-state index in [0.717, 1.165) is 30.7 Å². The van der Waals surface area contributed by atoms with Crippen LogP contribution in [0, 0.1) is 0 Å². The van der Waals surface area contributed by atoms with Crippen molar-refractivity contribution >= 4 is 10.9 Å². The van der Waals surface area contributed by atoms with E-state index in [0.29, 0.717) is 6.04 Å². The summed E-state index contributed by atoms with van der Waals surface area (Å²) in [6.07, 6.45) is 1.02. The number of hydrogen-bond donors (Lipinski definition) is 1. The molecule has 1 aromatic carbocycles. The first-order chi connectivity index (χ1) is 8.70. The van der Waals surface area contributed by atoms with Gasteiger partial charge in [0.25, 0.3) is 0 Å². The lowest BCUT2D eigenvalue weighted by Gasteiger charge is -2.23. The van der Waals surface area contributed by atoms with E-state index in [9.17, 15) is 0 Å². The predicted octanol–water partition coefficient (Wildman–Crippen LogP) is 2.40. The fraction of sp³-hybridized carbons (Fsp3) is 0.400. The van der Waals surface area contributed by atoms with Crippen LogP contribution in [-0.4, -0.2) is 29.5 Å². The van der Waals surface area contributed by atoms with Crippen LogP contribution in [0.15, 0.2) is 36.4 Å². The normalized spacial score (nSPS) is 13.1. The number of nitrogens with two attached hydrogens (primary N) is 1. The Hall–Kier alpha value is -1.45. The van der Waals surface area contributed by atoms with Crippen molar-refractivity contribution in [3.8, 4) is 0 Å². The summed E-state index contributed by atoms with van der Waals surface area (Å²) < 4.78 is 0. The summed E-state index contributed by atoms with van der Waals surface area (Å²) in [5.74, 6) is 0. The van der Waals surface area contributed by atoms with Gasteiger partial charge < -0.3 is 5.73 Å². The third kappa shape index (κ3) is 3.06. The minimum absolute atomic E-state index is 0.489. The molecule has 0 saturated carbocycles. The van der Waals surface area contributed by atoms with Gasteiger partial charge in [0.2, 0.25) is 0 Å². The summed E-state index contributed by atoms with van der Waals surface area (Å²) in [7, 11) is 2.12. The largest absolute Gasteiger partial charge is 0.330 e. The minimum Gasteiger partial charge on any atom is -0.330 e. The fourth-order valence-electron chi connectivity index (χ4n) is 2.07. The lowest BCUT2D eigenvalue weighted by Crippen LogP contribution is -2.30. The second-order valence-electron chi connectivity index (χ2n) is 4.84. The number of pyridine rings is 1. The van der Waals surface area contributed by atoms with Crippen molar-refractivity contribution in [2.45, 2.75) is 25.9 Å². The molecule has 2 aromatic rings. The molecule has 0 radical (unpaired) electrons. The van der Waals surface area contributed by atoms with Crippen molar-refractivity contribution in [3.05, 3.63) is 42.1 Å². The van der Waals surface area contributed by atoms with E-state index < -0.39 is 0 Å². The molecule has 1 atom stereocenters. The summed E-state index contributed by atoms with van der Waals surface area (Å²) in [5.41, 5.74) is 7.77. The van der Waals surface area contributed by atoms with Crippen molar-refractivity contribution in [2.75, 3.05) is 13.6 Å². The molecule has 0 aliphatic rings. The highest BCUT2D eigenvalue weighted by molar-refractivity contribution is 5.78. The Labute approximate surface area is 109 Å². The second-order valence-corrected chi connectivity index (χ2v) is 4.84. The lowest BCUT2D eigenvalue weighted by atomic mass is 10.2. The van der Waals surface area contributed by atoms with Crippen molar-refractivity contribution < 1.29 is 0 Å². The van der Waals surface area contributed by atoms with Gasteiger partial charge in [-0.25, -0.2) is 0 Å². The molecule has 18 heavy (non-hydrogen) atoms. The SMILES string of the molecule is CC(CCN)N(C)Cc1ccc2ccccc2n1. The van der Waals surface area contributed by atoms with Crippen molar-refractivity contribution in [1.82, 2.24) is 9.88 Å². The number of rotatable bonds is 5. The third-order valence-electron chi connectivity index (χ3n) is 3.40. The van der Waals surface area contributed by atoms with Crippen LogP contribution in [0.25, 0.3) is 10.9 Å². The molecule has 0 bridgehead atoms. The minimum atomic E-state index is 0.489. The first-order valence-electron chi connectivity index (χ1n) is 6.45. The first kappa shape index (κ1) is 13.0. The molecule has 1 unspecified atom stereocenters. The van der Waals surface area contributed by atoms with E-state index >= 15 is 0 Å². The molecule has 0 fully saturated rings. The molecule has 0 aliphatic heterocycles. The predicted molar refractivity (Wildman–Crippen MR) is 76.3 cm³/mol. The Morgan fingerprint density at radius 1 is 1.22 bits per heavy atom. The zero-order chi connectivity index (χ0) is 13.0. The topological polar surface area (TPSA) is 42.1 Å². The molecule has 96 valence electrons. The molecule has 1 aromatic heterocycles. The number of aromatic nitrogens is 1. The molecule has 2 N–H and O–H groups in total. The van der Waals surface area contributed by atoms with Gasteiger partial charge in [-0.1, -0.05) is 24.3 Å². The van der Waals surface area contributed by atoms with Crippen LogP contribution in [0.2, 0.25) is 0 Å². The molecular weight excluding hydrogens is 222 g/mol. The second kappa shape index (κ2) is 5.94. The Balaban J connectivity index is 2.12.